The van der Waals surface area contributed by atoms with Gasteiger partial charge in [-0.2, -0.15) is 9.97 Å². The first-order chi connectivity index (χ1) is 16.8. The Kier molecular flexibility index (Phi) is 8.48. The number of carbonyl (C=O) groups excluding carboxylic acids is 1. The molecule has 35 heavy (non-hydrogen) atoms. The van der Waals surface area contributed by atoms with Crippen molar-refractivity contribution in [3.05, 3.63) is 47.3 Å². The van der Waals surface area contributed by atoms with Crippen molar-refractivity contribution in [3.8, 4) is 12.3 Å². The van der Waals surface area contributed by atoms with E-state index in [4.69, 9.17) is 27.7 Å². The van der Waals surface area contributed by atoms with E-state index in [9.17, 15) is 9.59 Å². The highest BCUT2D eigenvalue weighted by molar-refractivity contribution is 5.94. The molecule has 0 aliphatic carbocycles. The second-order valence-corrected chi connectivity index (χ2v) is 7.78. The SMILES string of the molecule is C#CCC(Cc1cnc2nc(N)nc(N)c2n1)c1ccc(C(=O)N[C@@H](CCC(=O)O)OCC)cc1. The average Bonchev–Trinajstić information content (AvgIpc) is 2.82. The van der Waals surface area contributed by atoms with Crippen LogP contribution in [0.5, 0.6) is 0 Å². The van der Waals surface area contributed by atoms with E-state index in [1.807, 2.05) is 12.1 Å². The number of terminal acetylenes is 1. The fourth-order valence-electron chi connectivity index (χ4n) is 3.57. The van der Waals surface area contributed by atoms with Crippen LogP contribution in [0.4, 0.5) is 11.8 Å². The zero-order valence-electron chi connectivity index (χ0n) is 19.3. The third kappa shape index (κ3) is 6.84. The number of amides is 1. The van der Waals surface area contributed by atoms with E-state index in [-0.39, 0.29) is 36.4 Å². The highest BCUT2D eigenvalue weighted by Gasteiger charge is 2.18. The summed E-state index contributed by atoms with van der Waals surface area (Å²) in [7, 11) is 0. The first-order valence-corrected chi connectivity index (χ1v) is 11.0. The molecular weight excluding hydrogens is 450 g/mol. The molecule has 2 aromatic heterocycles. The van der Waals surface area contributed by atoms with E-state index < -0.39 is 12.2 Å². The molecule has 0 radical (unpaired) electrons. The van der Waals surface area contributed by atoms with E-state index in [2.05, 4.69) is 31.2 Å². The lowest BCUT2D eigenvalue weighted by Gasteiger charge is -2.18. The number of hydrogen-bond donors (Lipinski definition) is 4. The van der Waals surface area contributed by atoms with E-state index in [1.54, 1.807) is 25.3 Å². The fraction of sp³-hybridized carbons (Fsp3) is 0.333. The molecule has 0 bridgehead atoms. The maximum atomic E-state index is 12.6. The largest absolute Gasteiger partial charge is 0.481 e. The number of nitrogen functional groups attached to an aromatic ring is 2. The molecule has 0 aliphatic rings. The minimum atomic E-state index is -0.955. The van der Waals surface area contributed by atoms with Gasteiger partial charge in [0.1, 0.15) is 6.23 Å². The molecule has 1 amide bonds. The lowest BCUT2D eigenvalue weighted by molar-refractivity contribution is -0.138. The third-order valence-corrected chi connectivity index (χ3v) is 5.25. The van der Waals surface area contributed by atoms with Crippen LogP contribution in [0.1, 0.15) is 53.7 Å². The first kappa shape index (κ1) is 25.3. The summed E-state index contributed by atoms with van der Waals surface area (Å²) < 4.78 is 5.44. The highest BCUT2D eigenvalue weighted by Crippen LogP contribution is 2.25. The molecule has 0 fully saturated rings. The Morgan fingerprint density at radius 2 is 1.94 bits per heavy atom. The van der Waals surface area contributed by atoms with Crippen molar-refractivity contribution >= 4 is 34.8 Å². The summed E-state index contributed by atoms with van der Waals surface area (Å²) in [4.78, 5) is 40.3. The topological polar surface area (TPSA) is 179 Å². The molecule has 1 unspecified atom stereocenters. The van der Waals surface area contributed by atoms with Crippen molar-refractivity contribution in [1.29, 1.82) is 0 Å². The van der Waals surface area contributed by atoms with Gasteiger partial charge < -0.3 is 26.6 Å². The molecule has 2 heterocycles. The van der Waals surface area contributed by atoms with Crippen molar-refractivity contribution in [2.75, 3.05) is 18.1 Å². The van der Waals surface area contributed by atoms with Gasteiger partial charge in [0.2, 0.25) is 5.95 Å². The standard InChI is InChI=1S/C24H27N7O4/c1-3-5-16(12-17-13-27-22-20(28-17)21(25)30-24(26)31-22)14-6-8-15(9-7-14)23(34)29-18(35-4-2)10-11-19(32)33/h1,6-9,13,16,18H,4-5,10-12H2,2H3,(H,29,34)(H,32,33)(H4,25,26,27,30,31)/t16?,18-/m1/s1. The maximum Gasteiger partial charge on any atom is 0.303 e. The van der Waals surface area contributed by atoms with E-state index in [1.165, 1.54) is 0 Å². The van der Waals surface area contributed by atoms with Gasteiger partial charge in [0.25, 0.3) is 5.91 Å². The summed E-state index contributed by atoms with van der Waals surface area (Å²) in [6.07, 6.45) is 7.52. The first-order valence-electron chi connectivity index (χ1n) is 11.0. The minimum Gasteiger partial charge on any atom is -0.481 e. The van der Waals surface area contributed by atoms with Gasteiger partial charge in [0.05, 0.1) is 11.9 Å². The quantitative estimate of drug-likeness (QED) is 0.235. The molecule has 0 saturated carbocycles. The molecule has 11 heteroatoms. The van der Waals surface area contributed by atoms with E-state index in [0.717, 1.165) is 5.56 Å². The van der Waals surface area contributed by atoms with Crippen LogP contribution in [0.2, 0.25) is 0 Å². The second-order valence-electron chi connectivity index (χ2n) is 7.78. The molecule has 11 nitrogen and oxygen atoms in total. The average molecular weight is 478 g/mol. The van der Waals surface area contributed by atoms with Crippen molar-refractivity contribution < 1.29 is 19.4 Å². The number of nitrogens with zero attached hydrogens (tertiary/aromatic N) is 4. The van der Waals surface area contributed by atoms with E-state index in [0.29, 0.717) is 41.9 Å². The zero-order valence-corrected chi connectivity index (χ0v) is 19.3. The molecule has 0 aliphatic heterocycles. The number of ether oxygens (including phenoxy) is 1. The van der Waals surface area contributed by atoms with Crippen LogP contribution in [0.25, 0.3) is 11.2 Å². The lowest BCUT2D eigenvalue weighted by atomic mass is 9.91. The van der Waals surface area contributed by atoms with Gasteiger partial charge in [-0.15, -0.1) is 12.3 Å². The lowest BCUT2D eigenvalue weighted by Crippen LogP contribution is -2.37. The number of aliphatic carboxylic acids is 1. The summed E-state index contributed by atoms with van der Waals surface area (Å²) in [5, 5.41) is 11.6. The molecule has 182 valence electrons. The number of carbonyl (C=O) groups is 2. The maximum absolute atomic E-state index is 12.6. The summed E-state index contributed by atoms with van der Waals surface area (Å²) in [6, 6.07) is 7.04. The van der Waals surface area contributed by atoms with Gasteiger partial charge in [-0.05, 0) is 31.0 Å². The monoisotopic (exact) mass is 477 g/mol. The van der Waals surface area contributed by atoms with Gasteiger partial charge in [-0.3, -0.25) is 9.59 Å². The number of hydrogen-bond acceptors (Lipinski definition) is 9. The van der Waals surface area contributed by atoms with Crippen LogP contribution < -0.4 is 16.8 Å². The van der Waals surface area contributed by atoms with Crippen LogP contribution in [0.3, 0.4) is 0 Å². The molecular formula is C24H27N7O4. The van der Waals surface area contributed by atoms with Gasteiger partial charge in [-0.1, -0.05) is 12.1 Å². The predicted octanol–water partition coefficient (Wildman–Crippen LogP) is 1.89. The minimum absolute atomic E-state index is 0.0286. The Bertz CT molecular complexity index is 1240. The summed E-state index contributed by atoms with van der Waals surface area (Å²) in [5.74, 6) is 1.48. The number of rotatable bonds is 11. The van der Waals surface area contributed by atoms with Gasteiger partial charge in [0.15, 0.2) is 17.0 Å². The van der Waals surface area contributed by atoms with Gasteiger partial charge >= 0.3 is 5.97 Å². The third-order valence-electron chi connectivity index (χ3n) is 5.25. The van der Waals surface area contributed by atoms with Crippen molar-refractivity contribution in [2.45, 2.75) is 44.8 Å². The number of nitrogens with one attached hydrogen (secondary N) is 1. The Morgan fingerprint density at radius 3 is 2.60 bits per heavy atom. The normalized spacial score (nSPS) is 12.6. The molecule has 2 atom stereocenters. The second kappa shape index (κ2) is 11.7. The van der Waals surface area contributed by atoms with Gasteiger partial charge in [-0.25, -0.2) is 9.97 Å². The molecule has 6 N–H and O–H groups in total. The van der Waals surface area contributed by atoms with Crippen LogP contribution in [0.15, 0.2) is 30.5 Å². The molecule has 1 aromatic carbocycles. The molecule has 3 rings (SSSR count). The molecule has 0 spiro atoms. The number of benzene rings is 1. The van der Waals surface area contributed by atoms with Crippen molar-refractivity contribution in [2.24, 2.45) is 0 Å². The molecule has 3 aromatic rings. The number of carboxylic acids is 1. The number of nitrogens with two attached hydrogens (primary N) is 2. The fourth-order valence-corrected chi connectivity index (χ4v) is 3.57. The molecule has 0 saturated heterocycles. The van der Waals surface area contributed by atoms with Crippen LogP contribution >= 0.6 is 0 Å². The Balaban J connectivity index is 1.74. The van der Waals surface area contributed by atoms with Crippen molar-refractivity contribution in [3.63, 3.8) is 0 Å². The number of aromatic nitrogens is 4. The Hall–Kier alpha value is -4.30. The Morgan fingerprint density at radius 1 is 1.20 bits per heavy atom. The van der Waals surface area contributed by atoms with Crippen molar-refractivity contribution in [1.82, 2.24) is 25.3 Å². The zero-order chi connectivity index (χ0) is 25.4. The van der Waals surface area contributed by atoms with Crippen LogP contribution in [-0.2, 0) is 16.0 Å². The van der Waals surface area contributed by atoms with Gasteiger partial charge in [0, 0.05) is 37.4 Å². The number of carboxylic acid groups (broad SMARTS) is 1. The summed E-state index contributed by atoms with van der Waals surface area (Å²) in [6.45, 7) is 2.12. The number of fused-ring (bicyclic) bond motifs is 1. The Labute approximate surface area is 202 Å². The highest BCUT2D eigenvalue weighted by atomic mass is 16.5. The number of anilines is 2. The predicted molar refractivity (Wildman–Crippen MR) is 130 cm³/mol. The summed E-state index contributed by atoms with van der Waals surface area (Å²) >= 11 is 0. The summed E-state index contributed by atoms with van der Waals surface area (Å²) in [5.41, 5.74) is 14.2. The van der Waals surface area contributed by atoms with E-state index >= 15 is 0 Å². The van der Waals surface area contributed by atoms with Crippen LogP contribution in [0, 0.1) is 12.3 Å². The van der Waals surface area contributed by atoms with Crippen LogP contribution in [-0.4, -0.2) is 49.8 Å². The smallest absolute Gasteiger partial charge is 0.303 e.